The van der Waals surface area contributed by atoms with Gasteiger partial charge in [-0.25, -0.2) is 4.39 Å². The predicted octanol–water partition coefficient (Wildman–Crippen LogP) is 5.70. The largest absolute Gasteiger partial charge is 0.294 e. The Hall–Kier alpha value is -2.29. The third-order valence-electron chi connectivity index (χ3n) is 8.41. The van der Waals surface area contributed by atoms with E-state index in [2.05, 4.69) is 19.9 Å². The van der Waals surface area contributed by atoms with Crippen molar-refractivity contribution in [2.75, 3.05) is 0 Å². The number of carbonyl (C=O) groups is 2. The molecule has 0 spiro atoms. The van der Waals surface area contributed by atoms with E-state index in [1.165, 1.54) is 17.7 Å². The zero-order chi connectivity index (χ0) is 20.4. The standard InChI is InChI=1S/C26H27FO2/c1-25-11-9-20(28)15-18(25)5-8-21-22(25)10-12-26(2)23(21)14-17(24(26)29)13-16-3-6-19(27)7-4-16/h3-4,6-7,9,11,13,15,21-23H,5,8,10,12,14H2,1-2H3/t21-,22+,23+,25+,26+/m1/s1. The van der Waals surface area contributed by atoms with Gasteiger partial charge in [0, 0.05) is 10.8 Å². The lowest BCUT2D eigenvalue weighted by Gasteiger charge is -2.55. The van der Waals surface area contributed by atoms with E-state index in [1.54, 1.807) is 18.2 Å². The quantitative estimate of drug-likeness (QED) is 0.577. The van der Waals surface area contributed by atoms with Crippen molar-refractivity contribution in [1.82, 2.24) is 0 Å². The molecule has 0 unspecified atom stereocenters. The van der Waals surface area contributed by atoms with Crippen molar-refractivity contribution in [3.05, 3.63) is 65.0 Å². The highest BCUT2D eigenvalue weighted by Crippen LogP contribution is 2.64. The van der Waals surface area contributed by atoms with Crippen LogP contribution in [0, 0.1) is 34.4 Å². The van der Waals surface area contributed by atoms with E-state index in [0.717, 1.165) is 43.2 Å². The molecule has 0 heterocycles. The van der Waals surface area contributed by atoms with Crippen molar-refractivity contribution in [2.24, 2.45) is 28.6 Å². The molecule has 0 aliphatic heterocycles. The molecule has 0 aromatic heterocycles. The molecule has 29 heavy (non-hydrogen) atoms. The van der Waals surface area contributed by atoms with Gasteiger partial charge in [0.05, 0.1) is 0 Å². The zero-order valence-corrected chi connectivity index (χ0v) is 17.1. The molecule has 0 amide bonds. The fourth-order valence-electron chi connectivity index (χ4n) is 6.76. The van der Waals surface area contributed by atoms with Crippen LogP contribution in [0.5, 0.6) is 0 Å². The van der Waals surface area contributed by atoms with Gasteiger partial charge in [-0.2, -0.15) is 0 Å². The van der Waals surface area contributed by atoms with Crippen molar-refractivity contribution in [2.45, 2.75) is 46.0 Å². The Labute approximate surface area is 171 Å². The predicted molar refractivity (Wildman–Crippen MR) is 111 cm³/mol. The third kappa shape index (κ3) is 2.73. The van der Waals surface area contributed by atoms with Crippen LogP contribution >= 0.6 is 0 Å². The number of allylic oxidation sites excluding steroid dienone is 5. The molecule has 3 heteroatoms. The highest BCUT2D eigenvalue weighted by molar-refractivity contribution is 6.06. The summed E-state index contributed by atoms with van der Waals surface area (Å²) in [6.07, 6.45) is 12.4. The van der Waals surface area contributed by atoms with Crippen LogP contribution in [0.3, 0.4) is 0 Å². The smallest absolute Gasteiger partial charge is 0.178 e. The van der Waals surface area contributed by atoms with E-state index >= 15 is 0 Å². The Morgan fingerprint density at radius 2 is 1.83 bits per heavy atom. The summed E-state index contributed by atoms with van der Waals surface area (Å²) < 4.78 is 13.2. The third-order valence-corrected chi connectivity index (χ3v) is 8.41. The summed E-state index contributed by atoms with van der Waals surface area (Å²) in [7, 11) is 0. The van der Waals surface area contributed by atoms with Crippen LogP contribution in [0.15, 0.2) is 53.6 Å². The van der Waals surface area contributed by atoms with Gasteiger partial charge in [0.15, 0.2) is 11.6 Å². The molecular weight excluding hydrogens is 363 g/mol. The first kappa shape index (κ1) is 18.7. The molecule has 0 radical (unpaired) electrons. The van der Waals surface area contributed by atoms with Gasteiger partial charge in [-0.3, -0.25) is 9.59 Å². The second-order valence-electron chi connectivity index (χ2n) is 9.81. The summed E-state index contributed by atoms with van der Waals surface area (Å²) in [4.78, 5) is 25.3. The Morgan fingerprint density at radius 3 is 2.59 bits per heavy atom. The van der Waals surface area contributed by atoms with Gasteiger partial charge >= 0.3 is 0 Å². The number of benzene rings is 1. The van der Waals surface area contributed by atoms with Crippen molar-refractivity contribution < 1.29 is 14.0 Å². The van der Waals surface area contributed by atoms with Crippen molar-refractivity contribution in [3.63, 3.8) is 0 Å². The molecule has 150 valence electrons. The molecule has 2 nitrogen and oxygen atoms in total. The lowest BCUT2D eigenvalue weighted by Crippen LogP contribution is -2.49. The van der Waals surface area contributed by atoms with Crippen LogP contribution in [-0.4, -0.2) is 11.6 Å². The second-order valence-corrected chi connectivity index (χ2v) is 9.81. The van der Waals surface area contributed by atoms with E-state index in [9.17, 15) is 14.0 Å². The number of carbonyl (C=O) groups excluding carboxylic acids is 2. The van der Waals surface area contributed by atoms with Gasteiger partial charge in [0.1, 0.15) is 5.82 Å². The number of fused-ring (bicyclic) bond motifs is 5. The highest BCUT2D eigenvalue weighted by atomic mass is 19.1. The summed E-state index contributed by atoms with van der Waals surface area (Å²) in [5, 5.41) is 0. The van der Waals surface area contributed by atoms with Crippen LogP contribution < -0.4 is 0 Å². The first-order valence-corrected chi connectivity index (χ1v) is 10.8. The number of rotatable bonds is 1. The minimum atomic E-state index is -0.293. The number of ketones is 2. The summed E-state index contributed by atoms with van der Waals surface area (Å²) in [6.45, 7) is 4.45. The summed E-state index contributed by atoms with van der Waals surface area (Å²) >= 11 is 0. The van der Waals surface area contributed by atoms with Gasteiger partial charge in [-0.05, 0) is 91.4 Å². The SMILES string of the molecule is C[C@]12C=CC(=O)C=C1CC[C@@H]1[C@@H]2CC[C@]2(C)C(=O)C(=Cc3ccc(F)cc3)C[C@@H]12. The van der Waals surface area contributed by atoms with Crippen LogP contribution in [-0.2, 0) is 9.59 Å². The lowest BCUT2D eigenvalue weighted by atomic mass is 9.48. The molecule has 3 saturated carbocycles. The number of hydrogen-bond acceptors (Lipinski definition) is 2. The summed E-state index contributed by atoms with van der Waals surface area (Å²) in [5.74, 6) is 1.47. The Balaban J connectivity index is 1.48. The van der Waals surface area contributed by atoms with Gasteiger partial charge < -0.3 is 0 Å². The molecule has 0 saturated heterocycles. The van der Waals surface area contributed by atoms with E-state index in [-0.39, 0.29) is 28.2 Å². The molecule has 1 aromatic carbocycles. The second kappa shape index (κ2) is 6.35. The summed E-state index contributed by atoms with van der Waals surface area (Å²) in [5.41, 5.74) is 2.72. The number of halogens is 1. The Kier molecular flexibility index (Phi) is 4.10. The average molecular weight is 390 g/mol. The average Bonchev–Trinajstić information content (AvgIpc) is 2.95. The molecule has 3 fully saturated rings. The van der Waals surface area contributed by atoms with E-state index in [4.69, 9.17) is 0 Å². The molecule has 1 aromatic rings. The highest BCUT2D eigenvalue weighted by Gasteiger charge is 2.59. The fourth-order valence-corrected chi connectivity index (χ4v) is 6.76. The van der Waals surface area contributed by atoms with Crippen LogP contribution in [0.25, 0.3) is 6.08 Å². The van der Waals surface area contributed by atoms with Crippen molar-refractivity contribution in [3.8, 4) is 0 Å². The molecule has 4 aliphatic carbocycles. The first-order chi connectivity index (χ1) is 13.8. The maximum Gasteiger partial charge on any atom is 0.178 e. The van der Waals surface area contributed by atoms with Gasteiger partial charge in [0.25, 0.3) is 0 Å². The Morgan fingerprint density at radius 1 is 1.07 bits per heavy atom. The normalized spacial score (nSPS) is 39.8. The van der Waals surface area contributed by atoms with E-state index in [0.29, 0.717) is 17.8 Å². The molecule has 4 aliphatic rings. The van der Waals surface area contributed by atoms with Crippen LogP contribution in [0.1, 0.15) is 51.5 Å². The minimum absolute atomic E-state index is 0.0510. The molecule has 0 bridgehead atoms. The number of Topliss-reactive ketones (excluding diaryl/α,β-unsaturated/α-hetero) is 1. The van der Waals surface area contributed by atoms with Crippen LogP contribution in [0.2, 0.25) is 0 Å². The maximum atomic E-state index is 13.4. The first-order valence-electron chi connectivity index (χ1n) is 10.8. The molecular formula is C26H27FO2. The van der Waals surface area contributed by atoms with E-state index < -0.39 is 0 Å². The van der Waals surface area contributed by atoms with Gasteiger partial charge in [-0.15, -0.1) is 0 Å². The zero-order valence-electron chi connectivity index (χ0n) is 17.1. The minimum Gasteiger partial charge on any atom is -0.294 e. The topological polar surface area (TPSA) is 34.1 Å². The maximum absolute atomic E-state index is 13.4. The molecule has 0 N–H and O–H groups in total. The summed E-state index contributed by atoms with van der Waals surface area (Å²) in [6, 6.07) is 6.38. The van der Waals surface area contributed by atoms with Crippen molar-refractivity contribution in [1.29, 1.82) is 0 Å². The van der Waals surface area contributed by atoms with E-state index in [1.807, 2.05) is 12.2 Å². The monoisotopic (exact) mass is 390 g/mol. The lowest BCUT2D eigenvalue weighted by molar-refractivity contribution is -0.129. The van der Waals surface area contributed by atoms with Gasteiger partial charge in [-0.1, -0.05) is 37.6 Å². The fraction of sp³-hybridized carbons (Fsp3) is 0.462. The van der Waals surface area contributed by atoms with Gasteiger partial charge in [0.2, 0.25) is 0 Å². The molecule has 5 atom stereocenters. The molecule has 5 rings (SSSR count). The van der Waals surface area contributed by atoms with Crippen molar-refractivity contribution >= 4 is 17.6 Å². The van der Waals surface area contributed by atoms with Crippen LogP contribution in [0.4, 0.5) is 4.39 Å². The number of hydrogen-bond donors (Lipinski definition) is 0. The Bertz CT molecular complexity index is 982.